The zero-order valence-electron chi connectivity index (χ0n) is 11.9. The number of aliphatic hydroxyl groups excluding tert-OH is 1. The summed E-state index contributed by atoms with van der Waals surface area (Å²) >= 11 is 3.57. The number of nitrogens with zero attached hydrogens (tertiary/aromatic N) is 1. The quantitative estimate of drug-likeness (QED) is 0.817. The van der Waals surface area contributed by atoms with E-state index in [1.807, 2.05) is 6.07 Å². The normalized spacial score (nSPS) is 18.9. The van der Waals surface area contributed by atoms with Gasteiger partial charge in [-0.2, -0.15) is 0 Å². The van der Waals surface area contributed by atoms with Crippen LogP contribution in [0.4, 0.5) is 5.69 Å². The molecule has 0 heterocycles. The number of hydrogen-bond donors (Lipinski definition) is 1. The van der Waals surface area contributed by atoms with Gasteiger partial charge in [-0.3, -0.25) is 0 Å². The lowest BCUT2D eigenvalue weighted by Crippen LogP contribution is -2.31. The van der Waals surface area contributed by atoms with E-state index in [4.69, 9.17) is 0 Å². The molecule has 1 saturated carbocycles. The molecule has 0 amide bonds. The zero-order chi connectivity index (χ0) is 13.8. The van der Waals surface area contributed by atoms with Crippen molar-refractivity contribution >= 4 is 21.6 Å². The first-order valence-corrected chi connectivity index (χ1v) is 8.09. The van der Waals surface area contributed by atoms with Gasteiger partial charge in [0.05, 0.1) is 6.10 Å². The molecule has 0 bridgehead atoms. The third kappa shape index (κ3) is 3.73. The largest absolute Gasteiger partial charge is 0.389 e. The fourth-order valence-electron chi connectivity index (χ4n) is 2.93. The molecule has 2 nitrogen and oxygen atoms in total. The Morgan fingerprint density at radius 2 is 1.84 bits per heavy atom. The average Bonchev–Trinajstić information content (AvgIpc) is 2.66. The van der Waals surface area contributed by atoms with E-state index in [2.05, 4.69) is 40.0 Å². The molecule has 2 rings (SSSR count). The van der Waals surface area contributed by atoms with Gasteiger partial charge in [0.1, 0.15) is 0 Å². The van der Waals surface area contributed by atoms with E-state index in [-0.39, 0.29) is 0 Å². The van der Waals surface area contributed by atoms with E-state index in [1.165, 1.54) is 44.2 Å². The Labute approximate surface area is 124 Å². The fraction of sp³-hybridized carbons (Fsp3) is 0.625. The summed E-state index contributed by atoms with van der Waals surface area (Å²) in [5.41, 5.74) is 2.20. The van der Waals surface area contributed by atoms with Crippen LogP contribution < -0.4 is 4.90 Å². The van der Waals surface area contributed by atoms with Crippen LogP contribution in [0.25, 0.3) is 0 Å². The Balaban J connectivity index is 2.14. The van der Waals surface area contributed by atoms with Crippen molar-refractivity contribution in [2.24, 2.45) is 0 Å². The lowest BCUT2D eigenvalue weighted by atomic mass is 10.1. The number of halogens is 1. The molecule has 1 aromatic carbocycles. The third-order valence-electron chi connectivity index (χ3n) is 4.21. The molecule has 0 spiro atoms. The van der Waals surface area contributed by atoms with Crippen LogP contribution in [0.2, 0.25) is 0 Å². The van der Waals surface area contributed by atoms with Gasteiger partial charge in [-0.25, -0.2) is 0 Å². The minimum absolute atomic E-state index is 0.424. The molecule has 106 valence electrons. The van der Waals surface area contributed by atoms with Crippen LogP contribution in [0, 0.1) is 0 Å². The Morgan fingerprint density at radius 3 is 2.37 bits per heavy atom. The molecule has 3 heteroatoms. The summed E-state index contributed by atoms with van der Waals surface area (Å²) in [4.78, 5) is 2.40. The van der Waals surface area contributed by atoms with Gasteiger partial charge in [0, 0.05) is 23.2 Å². The van der Waals surface area contributed by atoms with Gasteiger partial charge in [0.15, 0.2) is 0 Å². The van der Waals surface area contributed by atoms with Crippen LogP contribution in [-0.2, 0) is 0 Å². The van der Waals surface area contributed by atoms with Crippen molar-refractivity contribution in [1.29, 1.82) is 0 Å². The molecule has 0 saturated heterocycles. The SMILES string of the molecule is CC(O)c1ccc(N(C)C2CCCCCC2)cc1Br. The van der Waals surface area contributed by atoms with Crippen molar-refractivity contribution < 1.29 is 5.11 Å². The Morgan fingerprint density at radius 1 is 1.21 bits per heavy atom. The maximum atomic E-state index is 9.68. The van der Waals surface area contributed by atoms with Gasteiger partial charge in [-0.05, 0) is 37.5 Å². The van der Waals surface area contributed by atoms with E-state index in [0.717, 1.165) is 10.0 Å². The van der Waals surface area contributed by atoms with Crippen molar-refractivity contribution in [2.75, 3.05) is 11.9 Å². The molecule has 0 aliphatic heterocycles. The van der Waals surface area contributed by atoms with E-state index in [9.17, 15) is 5.11 Å². The van der Waals surface area contributed by atoms with Crippen LogP contribution in [0.15, 0.2) is 22.7 Å². The van der Waals surface area contributed by atoms with Gasteiger partial charge in [0.2, 0.25) is 0 Å². The first-order chi connectivity index (χ1) is 9.09. The summed E-state index contributed by atoms with van der Waals surface area (Å²) < 4.78 is 1.00. The summed E-state index contributed by atoms with van der Waals surface area (Å²) in [7, 11) is 2.19. The maximum absolute atomic E-state index is 9.68. The second kappa shape index (κ2) is 6.76. The Hall–Kier alpha value is -0.540. The van der Waals surface area contributed by atoms with Crippen molar-refractivity contribution in [3.05, 3.63) is 28.2 Å². The first kappa shape index (κ1) is 14.9. The number of hydrogen-bond acceptors (Lipinski definition) is 2. The summed E-state index contributed by atoms with van der Waals surface area (Å²) in [6.07, 6.45) is 7.64. The molecular formula is C16H24BrNO. The number of aliphatic hydroxyl groups is 1. The molecule has 0 aromatic heterocycles. The van der Waals surface area contributed by atoms with Gasteiger partial charge in [0.25, 0.3) is 0 Å². The number of anilines is 1. The molecule has 19 heavy (non-hydrogen) atoms. The summed E-state index contributed by atoms with van der Waals surface area (Å²) in [6, 6.07) is 6.94. The maximum Gasteiger partial charge on any atom is 0.0772 e. The van der Waals surface area contributed by atoms with E-state index in [1.54, 1.807) is 6.92 Å². The smallest absolute Gasteiger partial charge is 0.0772 e. The molecular weight excluding hydrogens is 302 g/mol. The average molecular weight is 326 g/mol. The van der Waals surface area contributed by atoms with E-state index in [0.29, 0.717) is 6.04 Å². The molecule has 1 unspecified atom stereocenters. The van der Waals surface area contributed by atoms with Crippen molar-refractivity contribution in [3.8, 4) is 0 Å². The lowest BCUT2D eigenvalue weighted by Gasteiger charge is -2.30. The lowest BCUT2D eigenvalue weighted by molar-refractivity contribution is 0.198. The van der Waals surface area contributed by atoms with Crippen LogP contribution in [0.5, 0.6) is 0 Å². The topological polar surface area (TPSA) is 23.5 Å². The zero-order valence-corrected chi connectivity index (χ0v) is 13.5. The van der Waals surface area contributed by atoms with Crippen LogP contribution in [-0.4, -0.2) is 18.2 Å². The second-order valence-corrected chi connectivity index (χ2v) is 6.49. The highest BCUT2D eigenvalue weighted by atomic mass is 79.9. The predicted molar refractivity (Wildman–Crippen MR) is 84.7 cm³/mol. The van der Waals surface area contributed by atoms with E-state index < -0.39 is 6.10 Å². The number of rotatable bonds is 3. The molecule has 1 aromatic rings. The minimum atomic E-state index is -0.424. The van der Waals surface area contributed by atoms with Gasteiger partial charge in [-0.1, -0.05) is 47.7 Å². The van der Waals surface area contributed by atoms with Crippen molar-refractivity contribution in [1.82, 2.24) is 0 Å². The standard InChI is InChI=1S/C16H24BrNO/c1-12(19)15-10-9-14(11-16(15)17)18(2)13-7-5-3-4-6-8-13/h9-13,19H,3-8H2,1-2H3. The summed E-state index contributed by atoms with van der Waals surface area (Å²) in [5, 5.41) is 9.68. The first-order valence-electron chi connectivity index (χ1n) is 7.30. The molecule has 1 N–H and O–H groups in total. The van der Waals surface area contributed by atoms with Crippen molar-refractivity contribution in [3.63, 3.8) is 0 Å². The minimum Gasteiger partial charge on any atom is -0.389 e. The second-order valence-electron chi connectivity index (χ2n) is 5.64. The van der Waals surface area contributed by atoms with Gasteiger partial charge in [-0.15, -0.1) is 0 Å². The highest BCUT2D eigenvalue weighted by Gasteiger charge is 2.18. The van der Waals surface area contributed by atoms with Crippen molar-refractivity contribution in [2.45, 2.75) is 57.6 Å². The Kier molecular flexibility index (Phi) is 5.28. The van der Waals surface area contributed by atoms with E-state index >= 15 is 0 Å². The van der Waals surface area contributed by atoms with Crippen LogP contribution in [0.1, 0.15) is 57.1 Å². The van der Waals surface area contributed by atoms with Gasteiger partial charge >= 0.3 is 0 Å². The molecule has 1 aliphatic carbocycles. The highest BCUT2D eigenvalue weighted by Crippen LogP contribution is 2.31. The molecule has 1 atom stereocenters. The summed E-state index contributed by atoms with van der Waals surface area (Å²) in [5.74, 6) is 0. The van der Waals surface area contributed by atoms with Crippen LogP contribution >= 0.6 is 15.9 Å². The molecule has 1 aliphatic rings. The van der Waals surface area contributed by atoms with Crippen LogP contribution in [0.3, 0.4) is 0 Å². The fourth-order valence-corrected chi connectivity index (χ4v) is 3.63. The monoisotopic (exact) mass is 325 g/mol. The Bertz CT molecular complexity index is 411. The molecule has 1 fully saturated rings. The molecule has 0 radical (unpaired) electrons. The third-order valence-corrected chi connectivity index (χ3v) is 4.90. The predicted octanol–water partition coefficient (Wildman–Crippen LogP) is 4.66. The summed E-state index contributed by atoms with van der Waals surface area (Å²) in [6.45, 7) is 1.80. The number of benzene rings is 1. The highest BCUT2D eigenvalue weighted by molar-refractivity contribution is 9.10. The van der Waals surface area contributed by atoms with Gasteiger partial charge < -0.3 is 10.0 Å².